The van der Waals surface area contributed by atoms with Crippen molar-refractivity contribution >= 4 is 17.3 Å². The molecule has 0 bridgehead atoms. The molecule has 0 saturated heterocycles. The minimum absolute atomic E-state index is 0.0869. The van der Waals surface area contributed by atoms with E-state index in [1.807, 2.05) is 0 Å². The Morgan fingerprint density at radius 3 is 2.71 bits per heavy atom. The van der Waals surface area contributed by atoms with Crippen LogP contribution in [0.5, 0.6) is 5.75 Å². The number of aliphatic hydroxyl groups is 1. The average Bonchev–Trinajstić information content (AvgIpc) is 2.45. The number of hydrogen-bond donors (Lipinski definition) is 1. The first-order chi connectivity index (χ1) is 10.0. The van der Waals surface area contributed by atoms with E-state index < -0.39 is 10.7 Å². The van der Waals surface area contributed by atoms with Gasteiger partial charge >= 0.3 is 0 Å². The normalized spacial score (nSPS) is 10.4. The first kappa shape index (κ1) is 15.2. The third-order valence-electron chi connectivity index (χ3n) is 2.83. The summed E-state index contributed by atoms with van der Waals surface area (Å²) in [5, 5.41) is 20.4. The van der Waals surface area contributed by atoms with Crippen LogP contribution in [0.15, 0.2) is 36.4 Å². The SMILES string of the molecule is O=[N+]([O-])c1ccc(F)cc1COc1c(Cl)cccc1CO. The molecule has 0 heterocycles. The quantitative estimate of drug-likeness (QED) is 0.678. The Balaban J connectivity index is 2.28. The second kappa shape index (κ2) is 6.51. The largest absolute Gasteiger partial charge is 0.487 e. The highest BCUT2D eigenvalue weighted by Crippen LogP contribution is 2.30. The number of nitro groups is 1. The monoisotopic (exact) mass is 311 g/mol. The van der Waals surface area contributed by atoms with Crippen LogP contribution in [0.4, 0.5) is 10.1 Å². The fraction of sp³-hybridized carbons (Fsp3) is 0.143. The number of benzene rings is 2. The van der Waals surface area contributed by atoms with Gasteiger partial charge in [-0.2, -0.15) is 0 Å². The molecule has 0 amide bonds. The van der Waals surface area contributed by atoms with Crippen LogP contribution in [0.3, 0.4) is 0 Å². The molecule has 2 aromatic carbocycles. The van der Waals surface area contributed by atoms with Gasteiger partial charge in [-0.3, -0.25) is 10.1 Å². The van der Waals surface area contributed by atoms with Crippen LogP contribution in [-0.2, 0) is 13.2 Å². The van der Waals surface area contributed by atoms with E-state index in [1.165, 1.54) is 0 Å². The average molecular weight is 312 g/mol. The minimum Gasteiger partial charge on any atom is -0.487 e. The van der Waals surface area contributed by atoms with Crippen molar-refractivity contribution in [2.75, 3.05) is 0 Å². The first-order valence-electron chi connectivity index (χ1n) is 5.96. The molecule has 2 rings (SSSR count). The summed E-state index contributed by atoms with van der Waals surface area (Å²) < 4.78 is 18.6. The van der Waals surface area contributed by atoms with E-state index >= 15 is 0 Å². The maximum Gasteiger partial charge on any atom is 0.276 e. The van der Waals surface area contributed by atoms with Crippen molar-refractivity contribution in [2.45, 2.75) is 13.2 Å². The second-order valence-electron chi connectivity index (χ2n) is 4.21. The molecule has 7 heteroatoms. The number of nitro benzene ring substituents is 1. The highest BCUT2D eigenvalue weighted by molar-refractivity contribution is 6.32. The molecule has 21 heavy (non-hydrogen) atoms. The van der Waals surface area contributed by atoms with Crippen molar-refractivity contribution in [1.29, 1.82) is 0 Å². The lowest BCUT2D eigenvalue weighted by Gasteiger charge is -2.12. The van der Waals surface area contributed by atoms with Gasteiger partial charge in [-0.1, -0.05) is 23.7 Å². The highest BCUT2D eigenvalue weighted by Gasteiger charge is 2.16. The summed E-state index contributed by atoms with van der Waals surface area (Å²) in [5.41, 5.74) is 0.291. The number of aliphatic hydroxyl groups excluding tert-OH is 1. The van der Waals surface area contributed by atoms with Crippen molar-refractivity contribution in [3.05, 3.63) is 68.5 Å². The Hall–Kier alpha value is -2.18. The number of hydrogen-bond acceptors (Lipinski definition) is 4. The fourth-order valence-electron chi connectivity index (χ4n) is 1.84. The standard InChI is InChI=1S/C14H11ClFNO4/c15-12-3-1-2-9(7-18)14(12)21-8-10-6-11(16)4-5-13(10)17(19)20/h1-6,18H,7-8H2. The van der Waals surface area contributed by atoms with Crippen LogP contribution in [0.1, 0.15) is 11.1 Å². The molecule has 0 fully saturated rings. The Kier molecular flexibility index (Phi) is 4.72. The molecule has 0 radical (unpaired) electrons. The molecule has 5 nitrogen and oxygen atoms in total. The molecule has 0 atom stereocenters. The Morgan fingerprint density at radius 1 is 1.29 bits per heavy atom. The van der Waals surface area contributed by atoms with E-state index in [9.17, 15) is 19.6 Å². The van der Waals surface area contributed by atoms with Gasteiger partial charge < -0.3 is 9.84 Å². The summed E-state index contributed by atoms with van der Waals surface area (Å²) in [6, 6.07) is 7.94. The first-order valence-corrected chi connectivity index (χ1v) is 6.34. The summed E-state index contributed by atoms with van der Waals surface area (Å²) >= 11 is 5.96. The number of rotatable bonds is 5. The van der Waals surface area contributed by atoms with Crippen molar-refractivity contribution in [3.8, 4) is 5.75 Å². The predicted octanol–water partition coefficient (Wildman–Crippen LogP) is 3.46. The van der Waals surface area contributed by atoms with Gasteiger partial charge in [0.15, 0.2) is 0 Å². The summed E-state index contributed by atoms with van der Waals surface area (Å²) in [5.74, 6) is -0.374. The van der Waals surface area contributed by atoms with Crippen molar-refractivity contribution in [2.24, 2.45) is 0 Å². The molecule has 1 N–H and O–H groups in total. The molecule has 0 aliphatic rings. The van der Waals surface area contributed by atoms with E-state index in [0.717, 1.165) is 18.2 Å². The van der Waals surface area contributed by atoms with Gasteiger partial charge in [0.05, 0.1) is 22.1 Å². The molecule has 0 unspecified atom stereocenters. The van der Waals surface area contributed by atoms with E-state index in [4.69, 9.17) is 16.3 Å². The van der Waals surface area contributed by atoms with Crippen LogP contribution in [0.25, 0.3) is 0 Å². The van der Waals surface area contributed by atoms with Gasteiger partial charge in [0, 0.05) is 11.6 Å². The summed E-state index contributed by atoms with van der Waals surface area (Å²) in [6.07, 6.45) is 0. The predicted molar refractivity (Wildman–Crippen MR) is 74.8 cm³/mol. The topological polar surface area (TPSA) is 72.6 Å². The molecular formula is C14H11ClFNO4. The van der Waals surface area contributed by atoms with Crippen LogP contribution in [-0.4, -0.2) is 10.0 Å². The van der Waals surface area contributed by atoms with E-state index in [-0.39, 0.29) is 35.2 Å². The summed E-state index contributed by atoms with van der Waals surface area (Å²) in [6.45, 7) is -0.522. The lowest BCUT2D eigenvalue weighted by Crippen LogP contribution is -2.03. The van der Waals surface area contributed by atoms with Gasteiger partial charge in [0.25, 0.3) is 5.69 Å². The van der Waals surface area contributed by atoms with Gasteiger partial charge in [0.2, 0.25) is 0 Å². The highest BCUT2D eigenvalue weighted by atomic mass is 35.5. The number of halogens is 2. The smallest absolute Gasteiger partial charge is 0.276 e. The van der Waals surface area contributed by atoms with Crippen LogP contribution < -0.4 is 4.74 Å². The molecule has 0 aliphatic carbocycles. The van der Waals surface area contributed by atoms with E-state index in [2.05, 4.69) is 0 Å². The summed E-state index contributed by atoms with van der Waals surface area (Å²) in [4.78, 5) is 10.3. The zero-order chi connectivity index (χ0) is 15.4. The number of nitrogens with zero attached hydrogens (tertiary/aromatic N) is 1. The Bertz CT molecular complexity index is 678. The van der Waals surface area contributed by atoms with E-state index in [0.29, 0.717) is 5.56 Å². The molecule has 0 aromatic heterocycles. The van der Waals surface area contributed by atoms with Gasteiger partial charge in [-0.15, -0.1) is 0 Å². The second-order valence-corrected chi connectivity index (χ2v) is 4.61. The maximum atomic E-state index is 13.2. The van der Waals surface area contributed by atoms with Gasteiger partial charge in [-0.05, 0) is 18.2 Å². The molecule has 0 spiro atoms. The molecular weight excluding hydrogens is 301 g/mol. The lowest BCUT2D eigenvalue weighted by molar-refractivity contribution is -0.385. The van der Waals surface area contributed by atoms with Crippen molar-refractivity contribution < 1.29 is 19.2 Å². The third-order valence-corrected chi connectivity index (χ3v) is 3.13. The van der Waals surface area contributed by atoms with Crippen molar-refractivity contribution in [1.82, 2.24) is 0 Å². The molecule has 110 valence electrons. The Morgan fingerprint density at radius 2 is 2.05 bits per heavy atom. The third kappa shape index (κ3) is 3.48. The Labute approximate surface area is 124 Å². The zero-order valence-corrected chi connectivity index (χ0v) is 11.5. The van der Waals surface area contributed by atoms with Crippen LogP contribution in [0.2, 0.25) is 5.02 Å². The number of para-hydroxylation sites is 1. The fourth-order valence-corrected chi connectivity index (χ4v) is 2.09. The van der Waals surface area contributed by atoms with Crippen molar-refractivity contribution in [3.63, 3.8) is 0 Å². The maximum absolute atomic E-state index is 13.2. The van der Waals surface area contributed by atoms with Gasteiger partial charge in [-0.25, -0.2) is 4.39 Å². The molecule has 2 aromatic rings. The van der Waals surface area contributed by atoms with Crippen LogP contribution in [0, 0.1) is 15.9 Å². The minimum atomic E-state index is -0.613. The molecule has 0 saturated carbocycles. The van der Waals surface area contributed by atoms with Crippen LogP contribution >= 0.6 is 11.6 Å². The number of ether oxygens (including phenoxy) is 1. The molecule has 0 aliphatic heterocycles. The van der Waals surface area contributed by atoms with E-state index in [1.54, 1.807) is 18.2 Å². The summed E-state index contributed by atoms with van der Waals surface area (Å²) in [7, 11) is 0. The zero-order valence-electron chi connectivity index (χ0n) is 10.8. The van der Waals surface area contributed by atoms with Gasteiger partial charge in [0.1, 0.15) is 18.2 Å². The lowest BCUT2D eigenvalue weighted by atomic mass is 10.2.